The van der Waals surface area contributed by atoms with Gasteiger partial charge in [0, 0.05) is 19.0 Å². The minimum Gasteiger partial charge on any atom is -0.372 e. The van der Waals surface area contributed by atoms with Crippen LogP contribution in [0.25, 0.3) is 0 Å². The first-order chi connectivity index (χ1) is 9.32. The van der Waals surface area contributed by atoms with Crippen molar-refractivity contribution in [3.05, 3.63) is 16.8 Å². The van der Waals surface area contributed by atoms with Gasteiger partial charge >= 0.3 is 0 Å². The van der Waals surface area contributed by atoms with Gasteiger partial charge in [-0.25, -0.2) is 13.4 Å². The van der Waals surface area contributed by atoms with Crippen LogP contribution in [0.4, 0.5) is 5.82 Å². The third-order valence-electron chi connectivity index (χ3n) is 3.61. The molecule has 0 saturated carbocycles. The predicted octanol–water partition coefficient (Wildman–Crippen LogP) is 3.27. The van der Waals surface area contributed by atoms with E-state index in [9.17, 15) is 8.42 Å². The van der Waals surface area contributed by atoms with Crippen molar-refractivity contribution in [2.45, 2.75) is 57.8 Å². The number of sulfone groups is 1. The number of pyridine rings is 1. The van der Waals surface area contributed by atoms with Gasteiger partial charge in [0.25, 0.3) is 0 Å². The lowest BCUT2D eigenvalue weighted by atomic mass is 10.0. The molecule has 1 rings (SSSR count). The molecule has 5 heteroatoms. The highest BCUT2D eigenvalue weighted by atomic mass is 32.2. The third-order valence-corrected chi connectivity index (χ3v) is 4.85. The van der Waals surface area contributed by atoms with E-state index in [0.717, 1.165) is 29.7 Å². The molecule has 0 aromatic carbocycles. The quantitative estimate of drug-likeness (QED) is 0.785. The lowest BCUT2D eigenvalue weighted by molar-refractivity contribution is 0.600. The first kappa shape index (κ1) is 17.0. The first-order valence-electron chi connectivity index (χ1n) is 7.20. The number of aryl methyl sites for hydroxylation is 1. The normalized spacial score (nSPS) is 11.7. The predicted molar refractivity (Wildman–Crippen MR) is 84.2 cm³/mol. The first-order valence-corrected chi connectivity index (χ1v) is 9.09. The Labute approximate surface area is 122 Å². The molecule has 0 amide bonds. The Bertz CT molecular complexity index is 566. The maximum atomic E-state index is 12.0. The molecule has 0 atom stereocenters. The average Bonchev–Trinajstić information content (AvgIpc) is 2.35. The van der Waals surface area contributed by atoms with Gasteiger partial charge < -0.3 is 5.32 Å². The lowest BCUT2D eigenvalue weighted by Crippen LogP contribution is -2.11. The van der Waals surface area contributed by atoms with Crippen LogP contribution in [0.5, 0.6) is 0 Å². The van der Waals surface area contributed by atoms with Crippen LogP contribution in [-0.2, 0) is 16.3 Å². The number of nitrogens with zero attached hydrogens (tertiary/aromatic N) is 1. The van der Waals surface area contributed by atoms with E-state index in [2.05, 4.69) is 17.2 Å². The van der Waals surface area contributed by atoms with E-state index < -0.39 is 9.84 Å². The van der Waals surface area contributed by atoms with Crippen LogP contribution in [0.15, 0.2) is 4.90 Å². The maximum Gasteiger partial charge on any atom is 0.179 e. The zero-order valence-corrected chi connectivity index (χ0v) is 14.0. The van der Waals surface area contributed by atoms with Crippen LogP contribution in [0.2, 0.25) is 0 Å². The summed E-state index contributed by atoms with van der Waals surface area (Å²) in [6, 6.07) is 0. The SMILES string of the molecule is CCCCCCc1c(C)nc(NC)c(S(C)(=O)=O)c1C. The van der Waals surface area contributed by atoms with Gasteiger partial charge in [0.1, 0.15) is 10.7 Å². The summed E-state index contributed by atoms with van der Waals surface area (Å²) in [5, 5.41) is 2.90. The molecule has 0 saturated heterocycles. The molecule has 4 nitrogen and oxygen atoms in total. The van der Waals surface area contributed by atoms with Gasteiger partial charge in [0.05, 0.1) is 0 Å². The van der Waals surface area contributed by atoms with Crippen LogP contribution in [0, 0.1) is 13.8 Å². The van der Waals surface area contributed by atoms with Crippen LogP contribution in [-0.4, -0.2) is 26.7 Å². The number of aromatic nitrogens is 1. The summed E-state index contributed by atoms with van der Waals surface area (Å²) in [7, 11) is -1.57. The summed E-state index contributed by atoms with van der Waals surface area (Å²) in [4.78, 5) is 4.77. The Kier molecular flexibility index (Phi) is 5.99. The minimum absolute atomic E-state index is 0.344. The summed E-state index contributed by atoms with van der Waals surface area (Å²) < 4.78 is 24.0. The highest BCUT2D eigenvalue weighted by Crippen LogP contribution is 2.28. The van der Waals surface area contributed by atoms with Gasteiger partial charge in [0.2, 0.25) is 0 Å². The van der Waals surface area contributed by atoms with Crippen LogP contribution < -0.4 is 5.32 Å². The largest absolute Gasteiger partial charge is 0.372 e. The van der Waals surface area contributed by atoms with Gasteiger partial charge in [0.15, 0.2) is 9.84 Å². The van der Waals surface area contributed by atoms with Crippen molar-refractivity contribution in [3.63, 3.8) is 0 Å². The van der Waals surface area contributed by atoms with Crippen LogP contribution >= 0.6 is 0 Å². The van der Waals surface area contributed by atoms with Crippen molar-refractivity contribution >= 4 is 15.7 Å². The van der Waals surface area contributed by atoms with Gasteiger partial charge in [-0.05, 0) is 37.8 Å². The number of rotatable bonds is 7. The molecule has 0 aliphatic rings. The molecule has 1 aromatic rings. The molecule has 0 spiro atoms. The smallest absolute Gasteiger partial charge is 0.179 e. The molecule has 0 radical (unpaired) electrons. The fraction of sp³-hybridized carbons (Fsp3) is 0.667. The average molecular weight is 298 g/mol. The molecule has 114 valence electrons. The van der Waals surface area contributed by atoms with Gasteiger partial charge in [-0.3, -0.25) is 0 Å². The van der Waals surface area contributed by atoms with Gasteiger partial charge in [-0.15, -0.1) is 0 Å². The van der Waals surface area contributed by atoms with Crippen molar-refractivity contribution in [2.24, 2.45) is 0 Å². The molecular formula is C15H26N2O2S. The Balaban J connectivity index is 3.19. The molecule has 0 unspecified atom stereocenters. The van der Waals surface area contributed by atoms with E-state index in [1.165, 1.54) is 25.5 Å². The molecule has 0 aliphatic carbocycles. The van der Waals surface area contributed by atoms with Crippen molar-refractivity contribution in [3.8, 4) is 0 Å². The topological polar surface area (TPSA) is 59.1 Å². The fourth-order valence-corrected chi connectivity index (χ4v) is 3.77. The second kappa shape index (κ2) is 7.07. The Morgan fingerprint density at radius 3 is 2.30 bits per heavy atom. The Morgan fingerprint density at radius 1 is 1.15 bits per heavy atom. The molecule has 1 N–H and O–H groups in total. The summed E-state index contributed by atoms with van der Waals surface area (Å²) in [6.07, 6.45) is 6.82. The van der Waals surface area contributed by atoms with Crippen molar-refractivity contribution in [1.29, 1.82) is 0 Å². The van der Waals surface area contributed by atoms with E-state index in [1.807, 2.05) is 13.8 Å². The van der Waals surface area contributed by atoms with Crippen LogP contribution in [0.1, 0.15) is 49.4 Å². The molecular weight excluding hydrogens is 272 g/mol. The molecule has 0 fully saturated rings. The van der Waals surface area contributed by atoms with E-state index in [-0.39, 0.29) is 0 Å². The maximum absolute atomic E-state index is 12.0. The van der Waals surface area contributed by atoms with Crippen molar-refractivity contribution in [1.82, 2.24) is 4.98 Å². The zero-order chi connectivity index (χ0) is 15.3. The van der Waals surface area contributed by atoms with Crippen LogP contribution in [0.3, 0.4) is 0 Å². The molecule has 1 heterocycles. The summed E-state index contributed by atoms with van der Waals surface area (Å²) in [6.45, 7) is 6.03. The van der Waals surface area contributed by atoms with E-state index >= 15 is 0 Å². The van der Waals surface area contributed by atoms with E-state index in [4.69, 9.17) is 0 Å². The standard InChI is InChI=1S/C15H26N2O2S/c1-6-7-8-9-10-13-11(2)14(20(5,18)19)15(16-4)17-12(13)3/h6-10H2,1-5H3,(H,16,17). The molecule has 1 aromatic heterocycles. The summed E-state index contributed by atoms with van der Waals surface area (Å²) >= 11 is 0. The van der Waals surface area contributed by atoms with E-state index in [1.54, 1.807) is 7.05 Å². The van der Waals surface area contributed by atoms with Gasteiger partial charge in [-0.2, -0.15) is 0 Å². The minimum atomic E-state index is -3.28. The Morgan fingerprint density at radius 2 is 1.80 bits per heavy atom. The van der Waals surface area contributed by atoms with E-state index in [0.29, 0.717) is 10.7 Å². The number of unbranched alkanes of at least 4 members (excludes halogenated alkanes) is 3. The lowest BCUT2D eigenvalue weighted by Gasteiger charge is -2.16. The Hall–Kier alpha value is -1.10. The summed E-state index contributed by atoms with van der Waals surface area (Å²) in [5.41, 5.74) is 2.86. The second-order valence-electron chi connectivity index (χ2n) is 5.31. The summed E-state index contributed by atoms with van der Waals surface area (Å²) in [5.74, 6) is 0.458. The highest BCUT2D eigenvalue weighted by molar-refractivity contribution is 7.91. The number of hydrogen-bond donors (Lipinski definition) is 1. The molecule has 0 aliphatic heterocycles. The number of hydrogen-bond acceptors (Lipinski definition) is 4. The van der Waals surface area contributed by atoms with Crippen molar-refractivity contribution in [2.75, 3.05) is 18.6 Å². The number of nitrogens with one attached hydrogen (secondary N) is 1. The second-order valence-corrected chi connectivity index (χ2v) is 7.26. The van der Waals surface area contributed by atoms with Gasteiger partial charge in [-0.1, -0.05) is 26.2 Å². The molecule has 20 heavy (non-hydrogen) atoms. The van der Waals surface area contributed by atoms with Crippen molar-refractivity contribution < 1.29 is 8.42 Å². The zero-order valence-electron chi connectivity index (χ0n) is 13.2. The fourth-order valence-electron chi connectivity index (χ4n) is 2.59. The molecule has 0 bridgehead atoms. The highest BCUT2D eigenvalue weighted by Gasteiger charge is 2.21. The number of anilines is 1. The third kappa shape index (κ3) is 3.95. The monoisotopic (exact) mass is 298 g/mol.